The lowest BCUT2D eigenvalue weighted by atomic mass is 9.82. The molecule has 2 aromatic heterocycles. The van der Waals surface area contributed by atoms with Crippen LogP contribution in [0.25, 0.3) is 98.2 Å². The van der Waals surface area contributed by atoms with Gasteiger partial charge < -0.3 is 0 Å². The number of hydrogen-bond acceptors (Lipinski definition) is 3. The molecule has 0 saturated heterocycles. The Morgan fingerprint density at radius 1 is 0.357 bits per heavy atom. The number of hydrogen-bond donors (Lipinski definition) is 0. The molecule has 0 radical (unpaired) electrons. The predicted molar refractivity (Wildman–Crippen MR) is 237 cm³/mol. The summed E-state index contributed by atoms with van der Waals surface area (Å²) < 4.78 is 2.58. The average Bonchev–Trinajstić information content (AvgIpc) is 3.74. The Kier molecular flexibility index (Phi) is 7.42. The van der Waals surface area contributed by atoms with Gasteiger partial charge in [0, 0.05) is 42.3 Å². The lowest BCUT2D eigenvalue weighted by molar-refractivity contribution is 0.660. The number of nitrogens with zero attached hydrogens (tertiary/aromatic N) is 2. The summed E-state index contributed by atoms with van der Waals surface area (Å²) in [5, 5.41) is 4.90. The van der Waals surface area contributed by atoms with Gasteiger partial charge in [0.2, 0.25) is 0 Å². The third-order valence-corrected chi connectivity index (χ3v) is 12.9. The monoisotopic (exact) mass is 732 g/mol. The largest absolute Gasteiger partial charge is 0.228 e. The molecular formula is C53H36N2S. The van der Waals surface area contributed by atoms with Gasteiger partial charge in [-0.25, -0.2) is 9.97 Å². The molecule has 1 aliphatic rings. The third kappa shape index (κ3) is 5.23. The van der Waals surface area contributed by atoms with Crippen LogP contribution >= 0.6 is 11.3 Å². The van der Waals surface area contributed by atoms with E-state index in [0.29, 0.717) is 0 Å². The van der Waals surface area contributed by atoms with Gasteiger partial charge in [-0.2, -0.15) is 0 Å². The van der Waals surface area contributed by atoms with Crippen LogP contribution in [0.3, 0.4) is 0 Å². The second kappa shape index (κ2) is 12.7. The van der Waals surface area contributed by atoms with Gasteiger partial charge in [-0.05, 0) is 91.7 Å². The number of benzene rings is 8. The second-order valence-electron chi connectivity index (χ2n) is 15.4. The minimum absolute atomic E-state index is 0.00817. The maximum atomic E-state index is 5.25. The van der Waals surface area contributed by atoms with E-state index in [1.807, 2.05) is 17.4 Å². The standard InChI is InChI=1S/C53H36N2S/c1-53(2)46-21-10-8-19-41(46)44-30-35(23-27-47(44)53)34-15-12-16-36(29-34)38-25-26-42(40-18-7-6-17-39(38)40)49-32-48(54-52(55-49)33-13-4-3-5-14-33)37-24-28-51-45(31-37)43-20-9-11-22-50(43)56-51/h3-32H,1-2H3. The maximum Gasteiger partial charge on any atom is 0.160 e. The van der Waals surface area contributed by atoms with Crippen LogP contribution in [0.5, 0.6) is 0 Å². The van der Waals surface area contributed by atoms with E-state index in [0.717, 1.165) is 39.3 Å². The highest BCUT2D eigenvalue weighted by molar-refractivity contribution is 7.25. The summed E-state index contributed by atoms with van der Waals surface area (Å²) in [6.07, 6.45) is 0. The molecule has 0 fully saturated rings. The van der Waals surface area contributed by atoms with E-state index in [1.54, 1.807) is 0 Å². The summed E-state index contributed by atoms with van der Waals surface area (Å²) in [5.74, 6) is 0.717. The van der Waals surface area contributed by atoms with Gasteiger partial charge in [0.05, 0.1) is 11.4 Å². The maximum absolute atomic E-state index is 5.25. The van der Waals surface area contributed by atoms with Gasteiger partial charge in [0.25, 0.3) is 0 Å². The van der Waals surface area contributed by atoms with Crippen LogP contribution in [0.1, 0.15) is 25.0 Å². The zero-order valence-corrected chi connectivity index (χ0v) is 31.9. The molecule has 0 amide bonds. The van der Waals surface area contributed by atoms with Crippen molar-refractivity contribution in [1.82, 2.24) is 9.97 Å². The van der Waals surface area contributed by atoms with Crippen molar-refractivity contribution in [3.05, 3.63) is 193 Å². The summed E-state index contributed by atoms with van der Waals surface area (Å²) in [5.41, 5.74) is 15.3. The van der Waals surface area contributed by atoms with E-state index in [-0.39, 0.29) is 5.41 Å². The first kappa shape index (κ1) is 32.7. The van der Waals surface area contributed by atoms with Crippen molar-refractivity contribution >= 4 is 42.3 Å². The fraction of sp³-hybridized carbons (Fsp3) is 0.0566. The molecule has 0 bridgehead atoms. The first-order valence-corrected chi connectivity index (χ1v) is 20.0. The van der Waals surface area contributed by atoms with E-state index < -0.39 is 0 Å². The average molecular weight is 733 g/mol. The van der Waals surface area contributed by atoms with Gasteiger partial charge in [0.1, 0.15) is 0 Å². The van der Waals surface area contributed by atoms with E-state index in [4.69, 9.17) is 9.97 Å². The molecule has 10 aromatic rings. The molecule has 1 aliphatic carbocycles. The van der Waals surface area contributed by atoms with Gasteiger partial charge in [-0.3, -0.25) is 0 Å². The molecule has 11 rings (SSSR count). The molecule has 264 valence electrons. The van der Waals surface area contributed by atoms with Crippen LogP contribution in [0.15, 0.2) is 182 Å². The quantitative estimate of drug-likeness (QED) is 0.176. The van der Waals surface area contributed by atoms with Crippen LogP contribution in [0.4, 0.5) is 0 Å². The molecular weight excluding hydrogens is 697 g/mol. The summed E-state index contributed by atoms with van der Waals surface area (Å²) in [7, 11) is 0. The Hall–Kier alpha value is -6.68. The Morgan fingerprint density at radius 2 is 0.982 bits per heavy atom. The van der Waals surface area contributed by atoms with Crippen LogP contribution in [-0.4, -0.2) is 9.97 Å². The smallest absolute Gasteiger partial charge is 0.160 e. The molecule has 0 unspecified atom stereocenters. The minimum Gasteiger partial charge on any atom is -0.228 e. The van der Waals surface area contributed by atoms with Crippen molar-refractivity contribution < 1.29 is 0 Å². The zero-order chi connectivity index (χ0) is 37.4. The zero-order valence-electron chi connectivity index (χ0n) is 31.1. The van der Waals surface area contributed by atoms with Crippen molar-refractivity contribution in [2.24, 2.45) is 0 Å². The van der Waals surface area contributed by atoms with E-state index >= 15 is 0 Å². The Balaban J connectivity index is 1.04. The van der Waals surface area contributed by atoms with Crippen LogP contribution in [0.2, 0.25) is 0 Å². The second-order valence-corrected chi connectivity index (χ2v) is 16.4. The SMILES string of the molecule is CC1(C)c2ccccc2-c2cc(-c3cccc(-c4ccc(-c5cc(-c6ccc7sc8ccccc8c7c6)nc(-c6ccccc6)n5)c5ccccc45)c3)ccc21. The Bertz CT molecular complexity index is 3170. The molecule has 0 aliphatic heterocycles. The lowest BCUT2D eigenvalue weighted by Gasteiger charge is -2.21. The van der Waals surface area contributed by atoms with Crippen LogP contribution in [-0.2, 0) is 5.41 Å². The number of thiophene rings is 1. The first-order valence-electron chi connectivity index (χ1n) is 19.2. The fourth-order valence-corrected chi connectivity index (χ4v) is 9.96. The summed E-state index contributed by atoms with van der Waals surface area (Å²) in [6, 6.07) is 66.0. The van der Waals surface area contributed by atoms with Gasteiger partial charge in [-0.15, -0.1) is 11.3 Å². The van der Waals surface area contributed by atoms with Crippen molar-refractivity contribution in [3.63, 3.8) is 0 Å². The minimum atomic E-state index is -0.00817. The summed E-state index contributed by atoms with van der Waals surface area (Å²) in [6.45, 7) is 4.67. The van der Waals surface area contributed by atoms with Crippen LogP contribution in [0, 0.1) is 0 Å². The summed E-state index contributed by atoms with van der Waals surface area (Å²) in [4.78, 5) is 10.4. The topological polar surface area (TPSA) is 25.8 Å². The molecule has 8 aromatic carbocycles. The molecule has 2 heterocycles. The van der Waals surface area contributed by atoms with E-state index in [1.165, 1.54) is 70.1 Å². The van der Waals surface area contributed by atoms with E-state index in [9.17, 15) is 0 Å². The molecule has 0 spiro atoms. The highest BCUT2D eigenvalue weighted by Crippen LogP contribution is 2.50. The fourth-order valence-electron chi connectivity index (χ4n) is 8.88. The predicted octanol–water partition coefficient (Wildman–Crippen LogP) is 14.6. The van der Waals surface area contributed by atoms with Gasteiger partial charge in [-0.1, -0.05) is 159 Å². The molecule has 56 heavy (non-hydrogen) atoms. The number of aromatic nitrogens is 2. The molecule has 3 heteroatoms. The summed E-state index contributed by atoms with van der Waals surface area (Å²) >= 11 is 1.84. The van der Waals surface area contributed by atoms with Gasteiger partial charge >= 0.3 is 0 Å². The first-order chi connectivity index (χ1) is 27.5. The molecule has 0 atom stereocenters. The lowest BCUT2D eigenvalue weighted by Crippen LogP contribution is -2.14. The normalized spacial score (nSPS) is 13.0. The molecule has 2 nitrogen and oxygen atoms in total. The van der Waals surface area contributed by atoms with Gasteiger partial charge in [0.15, 0.2) is 5.82 Å². The Morgan fingerprint density at radius 3 is 1.86 bits per heavy atom. The highest BCUT2D eigenvalue weighted by Gasteiger charge is 2.35. The van der Waals surface area contributed by atoms with E-state index in [2.05, 4.69) is 190 Å². The van der Waals surface area contributed by atoms with Crippen LogP contribution < -0.4 is 0 Å². The number of fused-ring (bicyclic) bond motifs is 7. The highest BCUT2D eigenvalue weighted by atomic mass is 32.1. The number of rotatable bonds is 5. The van der Waals surface area contributed by atoms with Crippen molar-refractivity contribution in [1.29, 1.82) is 0 Å². The molecule has 0 N–H and O–H groups in total. The van der Waals surface area contributed by atoms with Crippen molar-refractivity contribution in [2.45, 2.75) is 19.3 Å². The van der Waals surface area contributed by atoms with Crippen molar-refractivity contribution in [3.8, 4) is 67.3 Å². The van der Waals surface area contributed by atoms with Crippen molar-refractivity contribution in [2.75, 3.05) is 0 Å². The molecule has 0 saturated carbocycles. The Labute approximate surface area is 330 Å². The third-order valence-electron chi connectivity index (χ3n) is 11.7.